The first-order valence-corrected chi connectivity index (χ1v) is 8.14. The molecule has 3 aromatic heterocycles. The van der Waals surface area contributed by atoms with E-state index in [0.29, 0.717) is 28.6 Å². The van der Waals surface area contributed by atoms with Gasteiger partial charge >= 0.3 is 0 Å². The Labute approximate surface area is 151 Å². The van der Waals surface area contributed by atoms with Crippen molar-refractivity contribution in [3.8, 4) is 17.5 Å². The van der Waals surface area contributed by atoms with E-state index >= 15 is 0 Å². The van der Waals surface area contributed by atoms with Crippen LogP contribution in [0, 0.1) is 10.1 Å². The number of rotatable bonds is 3. The molecular formula is C19H11N5O3. The lowest BCUT2D eigenvalue weighted by Crippen LogP contribution is -2.01. The average molecular weight is 357 g/mol. The summed E-state index contributed by atoms with van der Waals surface area (Å²) in [6, 6.07) is 15.8. The Hall–Kier alpha value is -4.07. The summed E-state index contributed by atoms with van der Waals surface area (Å²) in [4.78, 5) is 23.7. The Bertz CT molecular complexity index is 1310. The molecule has 130 valence electrons. The molecule has 0 fully saturated rings. The minimum atomic E-state index is -0.462. The van der Waals surface area contributed by atoms with E-state index in [4.69, 9.17) is 4.42 Å². The van der Waals surface area contributed by atoms with E-state index in [2.05, 4.69) is 15.0 Å². The van der Waals surface area contributed by atoms with Crippen LogP contribution in [0.4, 0.5) is 5.69 Å². The summed E-state index contributed by atoms with van der Waals surface area (Å²) in [5.74, 6) is 0.830. The van der Waals surface area contributed by atoms with Gasteiger partial charge in [-0.2, -0.15) is 0 Å². The van der Waals surface area contributed by atoms with Gasteiger partial charge in [-0.3, -0.25) is 14.7 Å². The number of nitro groups is 1. The van der Waals surface area contributed by atoms with Gasteiger partial charge in [0.1, 0.15) is 11.2 Å². The zero-order valence-electron chi connectivity index (χ0n) is 13.8. The molecule has 0 amide bonds. The van der Waals surface area contributed by atoms with Crippen LogP contribution in [-0.4, -0.2) is 24.4 Å². The lowest BCUT2D eigenvalue weighted by Gasteiger charge is -2.06. The van der Waals surface area contributed by atoms with Gasteiger partial charge in [0.15, 0.2) is 5.58 Å². The number of fused-ring (bicyclic) bond motifs is 2. The third-order valence-electron chi connectivity index (χ3n) is 4.26. The first kappa shape index (κ1) is 15.2. The molecule has 0 saturated carbocycles. The Kier molecular flexibility index (Phi) is 3.23. The van der Waals surface area contributed by atoms with Gasteiger partial charge in [0.05, 0.1) is 16.5 Å². The molecule has 0 bridgehead atoms. The van der Waals surface area contributed by atoms with Crippen molar-refractivity contribution in [3.63, 3.8) is 0 Å². The molecule has 8 heteroatoms. The fraction of sp³-hybridized carbons (Fsp3) is 0. The minimum Gasteiger partial charge on any atom is -0.434 e. The molecule has 0 atom stereocenters. The Morgan fingerprint density at radius 3 is 2.63 bits per heavy atom. The number of para-hydroxylation sites is 1. The fourth-order valence-electron chi connectivity index (χ4n) is 3.07. The van der Waals surface area contributed by atoms with Crippen LogP contribution >= 0.6 is 0 Å². The summed E-state index contributed by atoms with van der Waals surface area (Å²) in [5.41, 5.74) is 2.43. The van der Waals surface area contributed by atoms with Crippen LogP contribution in [0.25, 0.3) is 39.5 Å². The van der Waals surface area contributed by atoms with E-state index in [1.165, 1.54) is 12.1 Å². The topological polar surface area (TPSA) is 99.9 Å². The van der Waals surface area contributed by atoms with Crippen molar-refractivity contribution in [1.82, 2.24) is 19.5 Å². The maximum Gasteiger partial charge on any atom is 0.273 e. The largest absolute Gasteiger partial charge is 0.434 e. The highest BCUT2D eigenvalue weighted by Crippen LogP contribution is 2.32. The molecule has 27 heavy (non-hydrogen) atoms. The van der Waals surface area contributed by atoms with Gasteiger partial charge in [-0.15, -0.1) is 0 Å². The van der Waals surface area contributed by atoms with Gasteiger partial charge in [0, 0.05) is 23.8 Å². The van der Waals surface area contributed by atoms with E-state index < -0.39 is 4.92 Å². The number of nitrogens with zero attached hydrogens (tertiary/aromatic N) is 5. The summed E-state index contributed by atoms with van der Waals surface area (Å²) >= 11 is 0. The molecule has 0 unspecified atom stereocenters. The summed E-state index contributed by atoms with van der Waals surface area (Å²) in [7, 11) is 0. The zero-order valence-corrected chi connectivity index (χ0v) is 13.8. The van der Waals surface area contributed by atoms with Crippen molar-refractivity contribution in [2.45, 2.75) is 0 Å². The van der Waals surface area contributed by atoms with E-state index in [1.54, 1.807) is 24.5 Å². The van der Waals surface area contributed by atoms with Crippen molar-refractivity contribution in [2.75, 3.05) is 0 Å². The number of aromatic nitrogens is 4. The molecule has 3 heterocycles. The van der Waals surface area contributed by atoms with Crippen LogP contribution in [0.1, 0.15) is 0 Å². The molecular weight excluding hydrogens is 346 g/mol. The van der Waals surface area contributed by atoms with Gasteiger partial charge in [0.25, 0.3) is 5.69 Å². The molecule has 2 aromatic carbocycles. The lowest BCUT2D eigenvalue weighted by atomic mass is 10.2. The fourth-order valence-corrected chi connectivity index (χ4v) is 3.07. The van der Waals surface area contributed by atoms with Crippen molar-refractivity contribution in [2.24, 2.45) is 0 Å². The minimum absolute atomic E-state index is 0.0443. The number of non-ortho nitro benzene ring substituents is 1. The molecule has 0 spiro atoms. The molecule has 0 aliphatic rings. The molecule has 5 rings (SSSR count). The summed E-state index contributed by atoms with van der Waals surface area (Å²) in [6.07, 6.45) is 3.33. The van der Waals surface area contributed by atoms with Crippen LogP contribution in [-0.2, 0) is 0 Å². The van der Waals surface area contributed by atoms with Crippen LogP contribution in [0.3, 0.4) is 0 Å². The van der Waals surface area contributed by atoms with E-state index in [-0.39, 0.29) is 5.69 Å². The van der Waals surface area contributed by atoms with Crippen molar-refractivity contribution >= 4 is 27.7 Å². The van der Waals surface area contributed by atoms with Gasteiger partial charge < -0.3 is 4.42 Å². The summed E-state index contributed by atoms with van der Waals surface area (Å²) in [6.45, 7) is 0. The second kappa shape index (κ2) is 5.73. The predicted octanol–water partition coefficient (Wildman–Crippen LogP) is 4.14. The first-order valence-electron chi connectivity index (χ1n) is 8.14. The predicted molar refractivity (Wildman–Crippen MR) is 98.5 cm³/mol. The second-order valence-corrected chi connectivity index (χ2v) is 5.90. The van der Waals surface area contributed by atoms with Gasteiger partial charge in [-0.25, -0.2) is 15.0 Å². The standard InChI is InChI=1S/C19H11N5O3/c25-24(26)13-6-7-14-17(11-13)27-18(22-14)16-10-12-4-1-2-5-15(12)23(16)19-20-8-3-9-21-19/h1-11H. The monoisotopic (exact) mass is 357 g/mol. The van der Waals surface area contributed by atoms with Crippen LogP contribution in [0.5, 0.6) is 0 Å². The Morgan fingerprint density at radius 2 is 1.81 bits per heavy atom. The molecule has 0 aliphatic heterocycles. The van der Waals surface area contributed by atoms with Crippen molar-refractivity contribution in [3.05, 3.63) is 77.1 Å². The normalized spacial score (nSPS) is 11.3. The van der Waals surface area contributed by atoms with Crippen LogP contribution in [0.15, 0.2) is 71.4 Å². The number of nitro benzene ring substituents is 1. The number of hydrogen-bond donors (Lipinski definition) is 0. The van der Waals surface area contributed by atoms with Crippen molar-refractivity contribution < 1.29 is 9.34 Å². The molecule has 0 radical (unpaired) electrons. The maximum atomic E-state index is 11.0. The highest BCUT2D eigenvalue weighted by molar-refractivity contribution is 5.88. The molecule has 8 nitrogen and oxygen atoms in total. The molecule has 0 N–H and O–H groups in total. The van der Waals surface area contributed by atoms with E-state index in [1.807, 2.05) is 34.9 Å². The molecule has 0 aliphatic carbocycles. The van der Waals surface area contributed by atoms with E-state index in [0.717, 1.165) is 10.9 Å². The summed E-state index contributed by atoms with van der Waals surface area (Å²) in [5, 5.41) is 12.0. The second-order valence-electron chi connectivity index (χ2n) is 5.90. The smallest absolute Gasteiger partial charge is 0.273 e. The Morgan fingerprint density at radius 1 is 1.00 bits per heavy atom. The highest BCUT2D eigenvalue weighted by Gasteiger charge is 2.19. The first-order chi connectivity index (χ1) is 13.2. The van der Waals surface area contributed by atoms with Crippen LogP contribution < -0.4 is 0 Å². The third-order valence-corrected chi connectivity index (χ3v) is 4.26. The maximum absolute atomic E-state index is 11.0. The molecule has 5 aromatic rings. The third kappa shape index (κ3) is 2.43. The average Bonchev–Trinajstić information content (AvgIpc) is 3.29. The number of oxazole rings is 1. The van der Waals surface area contributed by atoms with Gasteiger partial charge in [0.2, 0.25) is 11.8 Å². The zero-order chi connectivity index (χ0) is 18.4. The van der Waals surface area contributed by atoms with Crippen molar-refractivity contribution in [1.29, 1.82) is 0 Å². The SMILES string of the molecule is O=[N+]([O-])c1ccc2nc(-c3cc4ccccc4n3-c3ncccn3)oc2c1. The lowest BCUT2D eigenvalue weighted by molar-refractivity contribution is -0.384. The molecule has 0 saturated heterocycles. The highest BCUT2D eigenvalue weighted by atomic mass is 16.6. The van der Waals surface area contributed by atoms with E-state index in [9.17, 15) is 10.1 Å². The summed E-state index contributed by atoms with van der Waals surface area (Å²) < 4.78 is 7.70. The number of benzene rings is 2. The van der Waals surface area contributed by atoms with Crippen LogP contribution in [0.2, 0.25) is 0 Å². The Balaban J connectivity index is 1.78. The van der Waals surface area contributed by atoms with Gasteiger partial charge in [-0.1, -0.05) is 18.2 Å². The number of hydrogen-bond acceptors (Lipinski definition) is 6. The van der Waals surface area contributed by atoms with Gasteiger partial charge in [-0.05, 0) is 24.3 Å². The quantitative estimate of drug-likeness (QED) is 0.355.